The van der Waals surface area contributed by atoms with E-state index in [9.17, 15) is 18.0 Å². The summed E-state index contributed by atoms with van der Waals surface area (Å²) in [6.45, 7) is 0.590. The highest BCUT2D eigenvalue weighted by Crippen LogP contribution is 2.71. The standard InChI is InChI=1S/C32H36F3N5O2/c1-39-23(20-5-6-20)14-24(37-39)31-10-7-29(8-11-31,9-12-31)19-40(25(41)15-30-16-32(35,17-30)18-30)22-4-2-3-21(13-22)27-36-28(26(33)34)42-38-27/h2-4,13-14,20,26H,5-12,15-19H2,1H3. The smallest absolute Gasteiger partial charge is 0.315 e. The van der Waals surface area contributed by atoms with Crippen molar-refractivity contribution in [2.75, 3.05) is 11.4 Å². The first-order valence-corrected chi connectivity index (χ1v) is 15.3. The van der Waals surface area contributed by atoms with Crippen molar-refractivity contribution in [2.24, 2.45) is 17.9 Å². The predicted molar refractivity (Wildman–Crippen MR) is 149 cm³/mol. The van der Waals surface area contributed by atoms with Gasteiger partial charge in [0.1, 0.15) is 5.67 Å². The molecule has 0 spiro atoms. The number of benzene rings is 1. The van der Waals surface area contributed by atoms with E-state index in [2.05, 4.69) is 27.9 Å². The minimum atomic E-state index is -2.85. The number of hydrogen-bond donors (Lipinski definition) is 0. The number of aromatic nitrogens is 4. The number of nitrogens with zero attached hydrogens (tertiary/aromatic N) is 5. The largest absolute Gasteiger partial charge is 0.333 e. The van der Waals surface area contributed by atoms with Crippen molar-refractivity contribution < 1.29 is 22.5 Å². The number of hydrogen-bond acceptors (Lipinski definition) is 5. The fraction of sp³-hybridized carbons (Fsp3) is 0.625. The molecule has 10 heteroatoms. The number of fused-ring (bicyclic) bond motifs is 3. The van der Waals surface area contributed by atoms with Crippen LogP contribution < -0.4 is 4.90 Å². The van der Waals surface area contributed by atoms with Gasteiger partial charge in [-0.2, -0.15) is 18.9 Å². The molecular weight excluding hydrogens is 543 g/mol. The molecule has 7 saturated carbocycles. The minimum Gasteiger partial charge on any atom is -0.333 e. The highest BCUT2D eigenvalue weighted by atomic mass is 19.3. The normalized spacial score (nSPS) is 33.0. The van der Waals surface area contributed by atoms with Crippen molar-refractivity contribution in [3.63, 3.8) is 0 Å². The maximum Gasteiger partial charge on any atom is 0.315 e. The van der Waals surface area contributed by atoms with E-state index in [0.717, 1.165) is 38.5 Å². The number of aryl methyl sites for hydroxylation is 1. The first-order chi connectivity index (χ1) is 20.1. The van der Waals surface area contributed by atoms with Gasteiger partial charge in [-0.05, 0) is 99.7 Å². The quantitative estimate of drug-likeness (QED) is 0.268. The summed E-state index contributed by atoms with van der Waals surface area (Å²) in [7, 11) is 2.07. The molecule has 222 valence electrons. The van der Waals surface area contributed by atoms with Crippen LogP contribution in [0.1, 0.15) is 107 Å². The zero-order valence-corrected chi connectivity index (χ0v) is 23.9. The van der Waals surface area contributed by atoms with Crippen LogP contribution >= 0.6 is 0 Å². The number of carbonyl (C=O) groups excluding carboxylic acids is 1. The van der Waals surface area contributed by atoms with E-state index in [1.165, 1.54) is 24.2 Å². The monoisotopic (exact) mass is 579 g/mol. The third kappa shape index (κ3) is 4.22. The van der Waals surface area contributed by atoms with Gasteiger partial charge in [0.15, 0.2) is 0 Å². The first kappa shape index (κ1) is 26.5. The van der Waals surface area contributed by atoms with Gasteiger partial charge in [-0.1, -0.05) is 17.3 Å². The zero-order valence-electron chi connectivity index (χ0n) is 23.9. The molecule has 42 heavy (non-hydrogen) atoms. The molecule has 2 heterocycles. The summed E-state index contributed by atoms with van der Waals surface area (Å²) in [4.78, 5) is 19.7. The molecule has 0 radical (unpaired) electrons. The summed E-state index contributed by atoms with van der Waals surface area (Å²) in [6.07, 6.45) is 7.65. The number of halogens is 3. The topological polar surface area (TPSA) is 77.0 Å². The van der Waals surface area contributed by atoms with E-state index in [0.29, 0.717) is 49.4 Å². The highest BCUT2D eigenvalue weighted by molar-refractivity contribution is 5.94. The Morgan fingerprint density at radius 1 is 1.07 bits per heavy atom. The zero-order chi connectivity index (χ0) is 28.9. The maximum atomic E-state index is 14.3. The predicted octanol–water partition coefficient (Wildman–Crippen LogP) is 7.19. The lowest BCUT2D eigenvalue weighted by Gasteiger charge is -2.66. The van der Waals surface area contributed by atoms with Gasteiger partial charge in [0.25, 0.3) is 5.89 Å². The molecule has 0 unspecified atom stereocenters. The number of rotatable bonds is 9. The lowest BCUT2D eigenvalue weighted by Crippen LogP contribution is -2.65. The number of amides is 1. The Balaban J connectivity index is 1.05. The van der Waals surface area contributed by atoms with E-state index in [-0.39, 0.29) is 28.0 Å². The minimum absolute atomic E-state index is 0.00273. The Bertz CT molecular complexity index is 1510. The molecule has 1 aromatic carbocycles. The van der Waals surface area contributed by atoms with E-state index in [1.54, 1.807) is 18.2 Å². The molecule has 7 fully saturated rings. The molecule has 7 nitrogen and oxygen atoms in total. The van der Waals surface area contributed by atoms with E-state index >= 15 is 0 Å². The number of anilines is 1. The summed E-state index contributed by atoms with van der Waals surface area (Å²) in [5.74, 6) is 0.0106. The summed E-state index contributed by atoms with van der Waals surface area (Å²) in [6, 6.07) is 9.56. The van der Waals surface area contributed by atoms with Gasteiger partial charge in [-0.25, -0.2) is 4.39 Å². The van der Waals surface area contributed by atoms with E-state index in [4.69, 9.17) is 9.62 Å². The third-order valence-corrected chi connectivity index (χ3v) is 11.3. The second-order valence-electron chi connectivity index (χ2n) is 14.3. The lowest BCUT2D eigenvalue weighted by atomic mass is 9.41. The van der Waals surface area contributed by atoms with Gasteiger partial charge >= 0.3 is 6.43 Å². The molecule has 2 aromatic heterocycles. The van der Waals surface area contributed by atoms with E-state index < -0.39 is 18.0 Å². The summed E-state index contributed by atoms with van der Waals surface area (Å²) in [5, 5.41) is 8.74. The number of alkyl halides is 3. The molecule has 7 aliphatic rings. The van der Waals surface area contributed by atoms with Crippen LogP contribution in [0.15, 0.2) is 34.9 Å². The Morgan fingerprint density at radius 3 is 2.40 bits per heavy atom. The van der Waals surface area contributed by atoms with Crippen LogP contribution in [-0.2, 0) is 17.3 Å². The SMILES string of the molecule is Cn1nc(C23CCC(CN(C(=O)CC45CC(F)(C4)C5)c4cccc(-c5noc(C(F)F)n5)c4)(CC2)CC3)cc1C1CC1. The van der Waals surface area contributed by atoms with Crippen molar-refractivity contribution >= 4 is 11.6 Å². The Kier molecular flexibility index (Phi) is 5.62. The van der Waals surface area contributed by atoms with Gasteiger partial charge in [0.05, 0.1) is 5.69 Å². The third-order valence-electron chi connectivity index (χ3n) is 11.3. The van der Waals surface area contributed by atoms with E-state index in [1.807, 2.05) is 11.0 Å². The lowest BCUT2D eigenvalue weighted by molar-refractivity contribution is -0.215. The van der Waals surface area contributed by atoms with Gasteiger partial charge < -0.3 is 9.42 Å². The maximum absolute atomic E-state index is 14.3. The highest BCUT2D eigenvalue weighted by Gasteiger charge is 2.69. The Hall–Kier alpha value is -3.17. The van der Waals surface area contributed by atoms with Crippen molar-refractivity contribution in [2.45, 2.75) is 100 Å². The summed E-state index contributed by atoms with van der Waals surface area (Å²) in [5.41, 5.74) is 2.65. The van der Waals surface area contributed by atoms with Crippen LogP contribution in [0.5, 0.6) is 0 Å². The van der Waals surface area contributed by atoms with Crippen molar-refractivity contribution in [3.8, 4) is 11.4 Å². The van der Waals surface area contributed by atoms with Crippen LogP contribution in [0.4, 0.5) is 18.9 Å². The van der Waals surface area contributed by atoms with Gasteiger partial charge in [0, 0.05) is 48.3 Å². The summed E-state index contributed by atoms with van der Waals surface area (Å²) >= 11 is 0. The van der Waals surface area contributed by atoms with Crippen molar-refractivity contribution in [1.82, 2.24) is 19.9 Å². The first-order valence-electron chi connectivity index (χ1n) is 15.3. The van der Waals surface area contributed by atoms with Gasteiger partial charge in [-0.3, -0.25) is 9.48 Å². The summed E-state index contributed by atoms with van der Waals surface area (Å²) < 4.78 is 47.3. The number of carbonyl (C=O) groups is 1. The molecule has 10 rings (SSSR count). The molecule has 4 bridgehead atoms. The van der Waals surface area contributed by atoms with Crippen LogP contribution in [0, 0.1) is 10.8 Å². The molecule has 0 saturated heterocycles. The Morgan fingerprint density at radius 2 is 1.79 bits per heavy atom. The van der Waals surface area contributed by atoms with Crippen LogP contribution in [-0.4, -0.2) is 38.0 Å². The van der Waals surface area contributed by atoms with Crippen molar-refractivity contribution in [3.05, 3.63) is 47.6 Å². The fourth-order valence-electron chi connectivity index (χ4n) is 8.76. The van der Waals surface area contributed by atoms with Crippen LogP contribution in [0.2, 0.25) is 0 Å². The van der Waals surface area contributed by atoms with Gasteiger partial charge in [0.2, 0.25) is 11.7 Å². The molecule has 0 N–H and O–H groups in total. The van der Waals surface area contributed by atoms with Crippen LogP contribution in [0.3, 0.4) is 0 Å². The van der Waals surface area contributed by atoms with Crippen LogP contribution in [0.25, 0.3) is 11.4 Å². The molecule has 1 amide bonds. The molecular formula is C32H36F3N5O2. The molecule has 3 aromatic rings. The van der Waals surface area contributed by atoms with Crippen molar-refractivity contribution in [1.29, 1.82) is 0 Å². The van der Waals surface area contributed by atoms with Gasteiger partial charge in [-0.15, -0.1) is 0 Å². The molecule has 7 aliphatic carbocycles. The second-order valence-corrected chi connectivity index (χ2v) is 14.3. The Labute approximate surface area is 242 Å². The molecule has 0 aliphatic heterocycles. The second kappa shape index (κ2) is 8.92. The average Bonchev–Trinajstić information content (AvgIpc) is 3.52. The average molecular weight is 580 g/mol. The molecule has 0 atom stereocenters. The fourth-order valence-corrected chi connectivity index (χ4v) is 8.76.